The van der Waals surface area contributed by atoms with E-state index in [0.29, 0.717) is 23.6 Å². The van der Waals surface area contributed by atoms with E-state index in [2.05, 4.69) is 28.7 Å². The van der Waals surface area contributed by atoms with E-state index in [9.17, 15) is 10.1 Å². The van der Waals surface area contributed by atoms with Crippen molar-refractivity contribution < 1.29 is 4.92 Å². The fourth-order valence-corrected chi connectivity index (χ4v) is 3.74. The highest BCUT2D eigenvalue weighted by molar-refractivity contribution is 5.71. The van der Waals surface area contributed by atoms with E-state index in [4.69, 9.17) is 5.73 Å². The summed E-state index contributed by atoms with van der Waals surface area (Å²) in [5.74, 6) is 1.96. The Balaban J connectivity index is 2.00. The lowest BCUT2D eigenvalue weighted by atomic mass is 9.92. The van der Waals surface area contributed by atoms with Crippen molar-refractivity contribution in [3.63, 3.8) is 0 Å². The Morgan fingerprint density at radius 1 is 1.13 bits per heavy atom. The molecule has 3 heterocycles. The highest BCUT2D eigenvalue weighted by Gasteiger charge is 2.31. The van der Waals surface area contributed by atoms with E-state index < -0.39 is 4.92 Å². The predicted octanol–water partition coefficient (Wildman–Crippen LogP) is 2.05. The van der Waals surface area contributed by atoms with Gasteiger partial charge in [-0.2, -0.15) is 9.97 Å². The molecule has 0 bridgehead atoms. The lowest BCUT2D eigenvalue weighted by Crippen LogP contribution is -2.40. The number of hydrogen-bond donors (Lipinski definition) is 1. The van der Waals surface area contributed by atoms with Gasteiger partial charge in [0, 0.05) is 26.2 Å². The van der Waals surface area contributed by atoms with Gasteiger partial charge in [-0.25, -0.2) is 0 Å². The molecule has 2 atom stereocenters. The van der Waals surface area contributed by atoms with Crippen LogP contribution < -0.4 is 15.5 Å². The van der Waals surface area contributed by atoms with Crippen molar-refractivity contribution in [3.8, 4) is 0 Å². The number of nitrogens with two attached hydrogens (primary N) is 1. The van der Waals surface area contributed by atoms with Crippen LogP contribution in [0.3, 0.4) is 0 Å². The largest absolute Gasteiger partial charge is 0.378 e. The van der Waals surface area contributed by atoms with E-state index >= 15 is 0 Å². The fourth-order valence-electron chi connectivity index (χ4n) is 3.74. The molecule has 0 aliphatic carbocycles. The summed E-state index contributed by atoms with van der Waals surface area (Å²) in [6.07, 6.45) is 3.22. The minimum atomic E-state index is -0.464. The number of nitrogen functional groups attached to an aromatic ring is 1. The molecule has 0 unspecified atom stereocenters. The van der Waals surface area contributed by atoms with Crippen LogP contribution in [-0.4, -0.2) is 41.1 Å². The molecule has 2 aliphatic rings. The summed E-state index contributed by atoms with van der Waals surface area (Å²) in [5.41, 5.74) is 5.76. The summed E-state index contributed by atoms with van der Waals surface area (Å²) in [5, 5.41) is 11.4. The highest BCUT2D eigenvalue weighted by atomic mass is 16.6. The van der Waals surface area contributed by atoms with Crippen molar-refractivity contribution in [2.75, 3.05) is 41.7 Å². The van der Waals surface area contributed by atoms with Crippen LogP contribution in [0.25, 0.3) is 0 Å². The third-order valence-electron chi connectivity index (χ3n) is 4.62. The summed E-state index contributed by atoms with van der Waals surface area (Å²) < 4.78 is 0. The van der Waals surface area contributed by atoms with Crippen LogP contribution in [0.1, 0.15) is 33.1 Å². The van der Waals surface area contributed by atoms with Crippen LogP contribution in [0.15, 0.2) is 0 Å². The normalized spacial score (nSPS) is 25.0. The minimum Gasteiger partial charge on any atom is -0.378 e. The lowest BCUT2D eigenvalue weighted by Gasteiger charge is -2.35. The molecule has 2 fully saturated rings. The van der Waals surface area contributed by atoms with E-state index in [0.717, 1.165) is 39.0 Å². The van der Waals surface area contributed by atoms with E-state index in [1.807, 2.05) is 4.90 Å². The number of piperidine rings is 1. The van der Waals surface area contributed by atoms with Gasteiger partial charge in [0.2, 0.25) is 17.6 Å². The van der Waals surface area contributed by atoms with Crippen LogP contribution >= 0.6 is 0 Å². The zero-order chi connectivity index (χ0) is 16.6. The first-order valence-electron chi connectivity index (χ1n) is 8.27. The van der Waals surface area contributed by atoms with Crippen LogP contribution in [0, 0.1) is 22.0 Å². The molecule has 126 valence electrons. The maximum atomic E-state index is 11.4. The molecule has 2 N–H and O–H groups in total. The summed E-state index contributed by atoms with van der Waals surface area (Å²) >= 11 is 0. The maximum Gasteiger partial charge on any atom is 0.353 e. The van der Waals surface area contributed by atoms with Crippen LogP contribution in [-0.2, 0) is 0 Å². The van der Waals surface area contributed by atoms with E-state index in [1.165, 1.54) is 6.42 Å². The summed E-state index contributed by atoms with van der Waals surface area (Å²) in [4.78, 5) is 23.8. The first-order chi connectivity index (χ1) is 11.0. The van der Waals surface area contributed by atoms with Crippen molar-refractivity contribution in [1.82, 2.24) is 9.97 Å². The van der Waals surface area contributed by atoms with E-state index in [-0.39, 0.29) is 11.5 Å². The predicted molar refractivity (Wildman–Crippen MR) is 89.7 cm³/mol. The average molecular weight is 320 g/mol. The summed E-state index contributed by atoms with van der Waals surface area (Å²) in [7, 11) is 0. The number of rotatable bonds is 3. The van der Waals surface area contributed by atoms with Crippen LogP contribution in [0.5, 0.6) is 0 Å². The van der Waals surface area contributed by atoms with Crippen molar-refractivity contribution >= 4 is 23.3 Å². The van der Waals surface area contributed by atoms with Gasteiger partial charge in [0.05, 0.1) is 4.92 Å². The zero-order valence-electron chi connectivity index (χ0n) is 13.7. The second-order valence-corrected chi connectivity index (χ2v) is 6.88. The van der Waals surface area contributed by atoms with Gasteiger partial charge in [0.25, 0.3) is 0 Å². The van der Waals surface area contributed by atoms with Gasteiger partial charge in [-0.15, -0.1) is 0 Å². The van der Waals surface area contributed by atoms with E-state index in [1.54, 1.807) is 0 Å². The Hall–Kier alpha value is -2.12. The number of anilines is 3. The summed E-state index contributed by atoms with van der Waals surface area (Å²) in [6, 6.07) is 0. The average Bonchev–Trinajstić information content (AvgIpc) is 2.98. The first kappa shape index (κ1) is 15.8. The molecular formula is C15H24N6O2. The molecule has 0 spiro atoms. The molecule has 8 heteroatoms. The Labute approximate surface area is 135 Å². The fraction of sp³-hybridized carbons (Fsp3) is 0.733. The molecule has 0 radical (unpaired) electrons. The molecular weight excluding hydrogens is 296 g/mol. The Bertz CT molecular complexity index is 592. The SMILES string of the molecule is C[C@@H]1C[C@H](C)CN(c2nc(N)c([N+](=O)[O-])c(N3CCCC3)n2)C1. The van der Waals surface area contributed by atoms with Crippen molar-refractivity contribution in [3.05, 3.63) is 10.1 Å². The lowest BCUT2D eigenvalue weighted by molar-refractivity contribution is -0.383. The number of hydrogen-bond acceptors (Lipinski definition) is 7. The molecule has 1 aromatic heterocycles. The summed E-state index contributed by atoms with van der Waals surface area (Å²) in [6.45, 7) is 7.70. The molecule has 23 heavy (non-hydrogen) atoms. The molecule has 0 aromatic carbocycles. The van der Waals surface area contributed by atoms with Gasteiger partial charge in [0.15, 0.2) is 0 Å². The monoisotopic (exact) mass is 320 g/mol. The molecule has 0 saturated carbocycles. The quantitative estimate of drug-likeness (QED) is 0.671. The standard InChI is InChI=1S/C15H24N6O2/c1-10-7-11(2)9-20(8-10)15-17-13(16)12(21(22)23)14(18-15)19-5-3-4-6-19/h10-11H,3-9H2,1-2H3,(H2,16,17,18)/t10-,11+. The second-order valence-electron chi connectivity index (χ2n) is 6.88. The molecule has 3 rings (SSSR count). The first-order valence-corrected chi connectivity index (χ1v) is 8.27. The Kier molecular flexibility index (Phi) is 4.23. The van der Waals surface area contributed by atoms with Gasteiger partial charge in [0.1, 0.15) is 0 Å². The molecule has 0 amide bonds. The van der Waals surface area contributed by atoms with Gasteiger partial charge in [-0.1, -0.05) is 13.8 Å². The smallest absolute Gasteiger partial charge is 0.353 e. The molecule has 8 nitrogen and oxygen atoms in total. The van der Waals surface area contributed by atoms with Crippen LogP contribution in [0.4, 0.5) is 23.3 Å². The van der Waals surface area contributed by atoms with Gasteiger partial charge in [-0.05, 0) is 31.1 Å². The van der Waals surface area contributed by atoms with Crippen molar-refractivity contribution in [2.24, 2.45) is 11.8 Å². The molecule has 2 aliphatic heterocycles. The Morgan fingerprint density at radius 2 is 1.74 bits per heavy atom. The van der Waals surface area contributed by atoms with Gasteiger partial charge in [-0.3, -0.25) is 10.1 Å². The minimum absolute atomic E-state index is 0.0345. The van der Waals surface area contributed by atoms with Crippen LogP contribution in [0.2, 0.25) is 0 Å². The number of nitrogens with zero attached hydrogens (tertiary/aromatic N) is 5. The van der Waals surface area contributed by atoms with Gasteiger partial charge < -0.3 is 15.5 Å². The highest BCUT2D eigenvalue weighted by Crippen LogP contribution is 2.35. The topological polar surface area (TPSA) is 101 Å². The molecule has 2 saturated heterocycles. The van der Waals surface area contributed by atoms with Crippen molar-refractivity contribution in [1.29, 1.82) is 0 Å². The number of nitro groups is 1. The van der Waals surface area contributed by atoms with Gasteiger partial charge >= 0.3 is 5.69 Å². The Morgan fingerprint density at radius 3 is 2.30 bits per heavy atom. The third-order valence-corrected chi connectivity index (χ3v) is 4.62. The second kappa shape index (κ2) is 6.17. The van der Waals surface area contributed by atoms with Crippen molar-refractivity contribution in [2.45, 2.75) is 33.1 Å². The third kappa shape index (κ3) is 3.16. The zero-order valence-corrected chi connectivity index (χ0v) is 13.7. The maximum absolute atomic E-state index is 11.4. The number of aromatic nitrogens is 2. The molecule has 1 aromatic rings.